The highest BCUT2D eigenvalue weighted by atomic mass is 35.5. The van der Waals surface area contributed by atoms with Crippen LogP contribution in [0.25, 0.3) is 0 Å². The lowest BCUT2D eigenvalue weighted by Crippen LogP contribution is -2.45. The number of hydrogen-bond donors (Lipinski definition) is 1. The highest BCUT2D eigenvalue weighted by Gasteiger charge is 2.71. The molecule has 2 aliphatic rings. The Kier molecular flexibility index (Phi) is 4.08. The topological polar surface area (TPSA) is 21.3 Å². The van der Waals surface area contributed by atoms with Crippen LogP contribution >= 0.6 is 23.2 Å². The lowest BCUT2D eigenvalue weighted by molar-refractivity contribution is 0.0237. The molecule has 4 heteroatoms. The molecule has 3 atom stereocenters. The van der Waals surface area contributed by atoms with Gasteiger partial charge in [-0.05, 0) is 43.5 Å². The van der Waals surface area contributed by atoms with Crippen LogP contribution in [-0.2, 0) is 10.2 Å². The zero-order valence-corrected chi connectivity index (χ0v) is 13.8. The summed E-state index contributed by atoms with van der Waals surface area (Å²) in [4.78, 5) is 0. The predicted octanol–water partition coefficient (Wildman–Crippen LogP) is 4.21. The van der Waals surface area contributed by atoms with Crippen LogP contribution in [0.4, 0.5) is 0 Å². The van der Waals surface area contributed by atoms with Gasteiger partial charge < -0.3 is 10.1 Å². The molecule has 1 heterocycles. The van der Waals surface area contributed by atoms with E-state index in [1.807, 2.05) is 18.2 Å². The predicted molar refractivity (Wildman–Crippen MR) is 88.3 cm³/mol. The van der Waals surface area contributed by atoms with E-state index >= 15 is 0 Å². The Morgan fingerprint density at radius 1 is 1.43 bits per heavy atom. The summed E-state index contributed by atoms with van der Waals surface area (Å²) in [6, 6.07) is 6.08. The number of hydrogen-bond acceptors (Lipinski definition) is 2. The largest absolute Gasteiger partial charge is 0.380 e. The molecule has 0 bridgehead atoms. The van der Waals surface area contributed by atoms with E-state index in [1.165, 1.54) is 5.56 Å². The van der Waals surface area contributed by atoms with Gasteiger partial charge in [-0.15, -0.1) is 6.58 Å². The van der Waals surface area contributed by atoms with Crippen molar-refractivity contribution in [2.75, 3.05) is 20.2 Å². The fourth-order valence-electron chi connectivity index (χ4n) is 4.24. The number of ether oxygens (including phenoxy) is 1. The van der Waals surface area contributed by atoms with Gasteiger partial charge in [0.1, 0.15) is 0 Å². The van der Waals surface area contributed by atoms with Crippen molar-refractivity contribution in [2.45, 2.75) is 30.8 Å². The molecular formula is C17H21Cl2NO. The maximum atomic E-state index is 6.24. The molecule has 0 amide bonds. The van der Waals surface area contributed by atoms with Gasteiger partial charge in [0.25, 0.3) is 0 Å². The zero-order valence-electron chi connectivity index (χ0n) is 12.3. The van der Waals surface area contributed by atoms with E-state index in [4.69, 9.17) is 27.9 Å². The molecule has 1 aromatic rings. The average molecular weight is 326 g/mol. The van der Waals surface area contributed by atoms with Gasteiger partial charge in [-0.1, -0.05) is 35.3 Å². The number of fused-ring (bicyclic) bond motifs is 1. The molecule has 1 aromatic carbocycles. The third kappa shape index (κ3) is 2.24. The van der Waals surface area contributed by atoms with Gasteiger partial charge in [-0.3, -0.25) is 0 Å². The maximum absolute atomic E-state index is 6.24. The van der Waals surface area contributed by atoms with Gasteiger partial charge in [0.15, 0.2) is 0 Å². The Balaban J connectivity index is 1.99. The van der Waals surface area contributed by atoms with Gasteiger partial charge in [0.2, 0.25) is 0 Å². The van der Waals surface area contributed by atoms with Gasteiger partial charge in [0, 0.05) is 24.5 Å². The van der Waals surface area contributed by atoms with E-state index < -0.39 is 0 Å². The first-order valence-electron chi connectivity index (χ1n) is 7.39. The number of rotatable bonds is 5. The van der Waals surface area contributed by atoms with Gasteiger partial charge in [-0.25, -0.2) is 0 Å². The molecule has 0 aromatic heterocycles. The first-order valence-corrected chi connectivity index (χ1v) is 8.15. The van der Waals surface area contributed by atoms with Crippen LogP contribution in [0.2, 0.25) is 10.0 Å². The van der Waals surface area contributed by atoms with E-state index in [2.05, 4.69) is 18.0 Å². The van der Waals surface area contributed by atoms with Crippen molar-refractivity contribution in [1.29, 1.82) is 0 Å². The van der Waals surface area contributed by atoms with Crippen molar-refractivity contribution in [3.63, 3.8) is 0 Å². The standard InChI is InChI=1S/C17H21Cl2NO/c1-3-4-15(21-2)17-10-16(17,7-8-20-11-17)12-5-6-13(18)14(19)9-12/h3,5-6,9,15,20H,1,4,7-8,10-11H2,2H3. The molecule has 0 spiro atoms. The summed E-state index contributed by atoms with van der Waals surface area (Å²) in [7, 11) is 1.80. The second-order valence-corrected chi connectivity index (χ2v) is 7.03. The van der Waals surface area contributed by atoms with E-state index in [1.54, 1.807) is 7.11 Å². The van der Waals surface area contributed by atoms with E-state index in [9.17, 15) is 0 Å². The highest BCUT2D eigenvalue weighted by molar-refractivity contribution is 6.42. The summed E-state index contributed by atoms with van der Waals surface area (Å²) in [6.45, 7) is 5.90. The lowest BCUT2D eigenvalue weighted by Gasteiger charge is -2.36. The zero-order chi connectivity index (χ0) is 15.1. The van der Waals surface area contributed by atoms with Crippen LogP contribution in [0, 0.1) is 5.41 Å². The van der Waals surface area contributed by atoms with Crippen molar-refractivity contribution < 1.29 is 4.74 Å². The summed E-state index contributed by atoms with van der Waals surface area (Å²) in [6.07, 6.45) is 5.27. The minimum Gasteiger partial charge on any atom is -0.380 e. The van der Waals surface area contributed by atoms with E-state index in [0.717, 1.165) is 32.4 Å². The Hall–Kier alpha value is -0.540. The molecule has 3 unspecified atom stereocenters. The monoisotopic (exact) mass is 325 g/mol. The van der Waals surface area contributed by atoms with Crippen LogP contribution in [0.15, 0.2) is 30.9 Å². The van der Waals surface area contributed by atoms with Crippen LogP contribution < -0.4 is 5.32 Å². The molecule has 1 aliphatic heterocycles. The normalized spacial score (nSPS) is 32.3. The SMILES string of the molecule is C=CCC(OC)C12CNCCC1(c1ccc(Cl)c(Cl)c1)C2. The number of benzene rings is 1. The van der Waals surface area contributed by atoms with Crippen molar-refractivity contribution >= 4 is 23.2 Å². The van der Waals surface area contributed by atoms with Crippen LogP contribution in [0.5, 0.6) is 0 Å². The lowest BCUT2D eigenvalue weighted by atomic mass is 9.77. The number of nitrogens with one attached hydrogen (secondary N) is 1. The van der Waals surface area contributed by atoms with Gasteiger partial charge in [-0.2, -0.15) is 0 Å². The first-order chi connectivity index (χ1) is 10.1. The highest BCUT2D eigenvalue weighted by Crippen LogP contribution is 2.70. The van der Waals surface area contributed by atoms with Crippen molar-refractivity contribution in [3.05, 3.63) is 46.5 Å². The molecule has 1 aliphatic carbocycles. The summed E-state index contributed by atoms with van der Waals surface area (Å²) in [5, 5.41) is 4.79. The summed E-state index contributed by atoms with van der Waals surface area (Å²) in [5.41, 5.74) is 1.60. The Labute approximate surface area is 136 Å². The minimum absolute atomic E-state index is 0.144. The molecule has 21 heavy (non-hydrogen) atoms. The van der Waals surface area contributed by atoms with Crippen LogP contribution in [0.1, 0.15) is 24.8 Å². The molecule has 1 N–H and O–H groups in total. The molecule has 0 radical (unpaired) electrons. The van der Waals surface area contributed by atoms with E-state index in [0.29, 0.717) is 10.0 Å². The minimum atomic E-state index is 0.144. The molecular weight excluding hydrogens is 305 g/mol. The third-order valence-electron chi connectivity index (χ3n) is 5.37. The Bertz CT molecular complexity index is 562. The Morgan fingerprint density at radius 2 is 2.24 bits per heavy atom. The number of halogens is 2. The second kappa shape index (κ2) is 5.58. The second-order valence-electron chi connectivity index (χ2n) is 6.22. The van der Waals surface area contributed by atoms with Crippen LogP contribution in [0.3, 0.4) is 0 Å². The fourth-order valence-corrected chi connectivity index (χ4v) is 4.54. The van der Waals surface area contributed by atoms with Gasteiger partial charge in [0.05, 0.1) is 16.1 Å². The van der Waals surface area contributed by atoms with E-state index in [-0.39, 0.29) is 16.9 Å². The Morgan fingerprint density at radius 3 is 2.90 bits per heavy atom. The first kappa shape index (κ1) is 15.4. The third-order valence-corrected chi connectivity index (χ3v) is 6.11. The van der Waals surface area contributed by atoms with Crippen molar-refractivity contribution in [2.24, 2.45) is 5.41 Å². The fraction of sp³-hybridized carbons (Fsp3) is 0.529. The smallest absolute Gasteiger partial charge is 0.0682 e. The molecule has 114 valence electrons. The summed E-state index contributed by atoms with van der Waals surface area (Å²) < 4.78 is 5.81. The van der Waals surface area contributed by atoms with Crippen molar-refractivity contribution in [1.82, 2.24) is 5.32 Å². The van der Waals surface area contributed by atoms with Crippen LogP contribution in [-0.4, -0.2) is 26.3 Å². The average Bonchev–Trinajstić information content (AvgIpc) is 3.19. The van der Waals surface area contributed by atoms with Gasteiger partial charge >= 0.3 is 0 Å². The molecule has 3 rings (SSSR count). The molecule has 2 fully saturated rings. The molecule has 1 saturated carbocycles. The maximum Gasteiger partial charge on any atom is 0.0682 e. The number of methoxy groups -OCH3 is 1. The quantitative estimate of drug-likeness (QED) is 0.819. The summed E-state index contributed by atoms with van der Waals surface area (Å²) >= 11 is 12.3. The number of piperidine rings is 1. The summed E-state index contributed by atoms with van der Waals surface area (Å²) in [5.74, 6) is 0. The molecule has 2 nitrogen and oxygen atoms in total. The molecule has 1 saturated heterocycles. The van der Waals surface area contributed by atoms with Crippen molar-refractivity contribution in [3.8, 4) is 0 Å².